The van der Waals surface area contributed by atoms with Crippen molar-refractivity contribution in [1.82, 2.24) is 0 Å². The first-order valence-corrected chi connectivity index (χ1v) is 20.3. The van der Waals surface area contributed by atoms with E-state index in [1.54, 1.807) is 0 Å². The molecule has 2 aliphatic rings. The van der Waals surface area contributed by atoms with Gasteiger partial charge in [0.15, 0.2) is 0 Å². The van der Waals surface area contributed by atoms with Gasteiger partial charge in [-0.25, -0.2) is 0 Å². The molecule has 314 valence electrons. The Kier molecular flexibility index (Phi) is 16.0. The smallest absolute Gasteiger partial charge is 0.166 e. The Balaban J connectivity index is 0.000000271. The predicted octanol–water partition coefficient (Wildman–Crippen LogP) is 12.7. The molecule has 0 unspecified atom stereocenters. The molecule has 4 aromatic carbocycles. The van der Waals surface area contributed by atoms with Gasteiger partial charge in [0.25, 0.3) is 0 Å². The maximum absolute atomic E-state index is 13.3. The molecule has 0 amide bonds. The van der Waals surface area contributed by atoms with Crippen LogP contribution in [0.1, 0.15) is 51.4 Å². The molecule has 0 bridgehead atoms. The van der Waals surface area contributed by atoms with Gasteiger partial charge in [-0.15, -0.1) is 0 Å². The minimum atomic E-state index is -5.26. The summed E-state index contributed by atoms with van der Waals surface area (Å²) in [6.07, 6.45) is -7.16. The van der Waals surface area contributed by atoms with Gasteiger partial charge in [-0.2, -0.15) is 52.7 Å². The summed E-state index contributed by atoms with van der Waals surface area (Å²) in [4.78, 5) is 0. The van der Waals surface area contributed by atoms with Crippen molar-refractivity contribution >= 4 is 37.1 Å². The predicted molar refractivity (Wildman–Crippen MR) is 207 cm³/mol. The van der Waals surface area contributed by atoms with Crippen molar-refractivity contribution in [3.8, 4) is 0 Å². The first-order valence-electron chi connectivity index (χ1n) is 17.6. The average Bonchev–Trinajstić information content (AvgIpc) is 3.82. The summed E-state index contributed by atoms with van der Waals surface area (Å²) in [5, 5.41) is 1.55. The van der Waals surface area contributed by atoms with Crippen molar-refractivity contribution in [1.29, 1.82) is 0 Å². The normalized spacial score (nSPS) is 16.3. The molecule has 1 atom stereocenters. The Hall–Kier alpha value is -2.58. The summed E-state index contributed by atoms with van der Waals surface area (Å²) < 4.78 is 160. The summed E-state index contributed by atoms with van der Waals surface area (Å²) in [5.74, 6) is 1.44. The van der Waals surface area contributed by atoms with Crippen LogP contribution in [0, 0.1) is 90.6 Å². The van der Waals surface area contributed by atoms with Gasteiger partial charge < -0.3 is 0 Å². The van der Waals surface area contributed by atoms with Crippen LogP contribution in [0.2, 0.25) is 0 Å². The van der Waals surface area contributed by atoms with E-state index in [-0.39, 0.29) is 34.9 Å². The van der Waals surface area contributed by atoms with Crippen molar-refractivity contribution in [2.45, 2.75) is 65.0 Å². The maximum Gasteiger partial charge on any atom is 0.416 e. The minimum absolute atomic E-state index is 0. The van der Waals surface area contributed by atoms with Gasteiger partial charge in [-0.05, 0) is 164 Å². The first-order chi connectivity index (χ1) is 26.8. The van der Waals surface area contributed by atoms with Crippen LogP contribution in [0.25, 0.3) is 0 Å². The third-order valence-corrected chi connectivity index (χ3v) is 14.2. The number of halogens is 12. The molecule has 0 N–H and O–H groups in total. The van der Waals surface area contributed by atoms with Gasteiger partial charge in [0, 0.05) is 22.7 Å². The first kappa shape index (κ1) is 49.1. The van der Waals surface area contributed by atoms with Gasteiger partial charge >= 0.3 is 24.7 Å². The van der Waals surface area contributed by atoms with E-state index in [4.69, 9.17) is 0 Å². The van der Waals surface area contributed by atoms with Crippen LogP contribution in [-0.4, -0.2) is 5.66 Å². The monoisotopic (exact) mass is 910 g/mol. The number of hydrogen-bond acceptors (Lipinski definition) is 0. The van der Waals surface area contributed by atoms with E-state index in [0.717, 1.165) is 0 Å². The van der Waals surface area contributed by atoms with Crippen molar-refractivity contribution in [3.63, 3.8) is 0 Å². The third kappa shape index (κ3) is 12.7. The standard InChI is InChI=1S/C23H26P.C21H10F12P.Fe/c1-16-10-17(2)13-22(12-16)24(20(5)21-8-6-7-9-21)23-14-18(3)11-19(4)15-23;22-18(23,24)11-5-12(19(25,26)27)8-16(7-11)34(15-3-1-2-4-15)17-9-13(20(28,29)30)6-14(10-17)21(31,32)33;/h6-15,20H,1-5H3;1-10H;/t20-;;/m1../s1. The molecule has 0 aromatic heterocycles. The molecular weight excluding hydrogens is 874 g/mol. The molecule has 2 saturated carbocycles. The van der Waals surface area contributed by atoms with Crippen LogP contribution in [0.5, 0.6) is 0 Å². The van der Waals surface area contributed by atoms with Gasteiger partial charge in [0.2, 0.25) is 0 Å². The number of benzene rings is 4. The maximum atomic E-state index is 13.3. The Morgan fingerprint density at radius 2 is 0.678 bits per heavy atom. The molecule has 0 saturated heterocycles. The number of alkyl halides is 12. The quantitative estimate of drug-likeness (QED) is 0.0985. The second kappa shape index (κ2) is 19.2. The van der Waals surface area contributed by atoms with Crippen LogP contribution < -0.4 is 21.2 Å². The van der Waals surface area contributed by atoms with Crippen LogP contribution in [0.4, 0.5) is 52.7 Å². The van der Waals surface area contributed by atoms with Crippen LogP contribution in [0.3, 0.4) is 0 Å². The second-order valence-electron chi connectivity index (χ2n) is 14.0. The van der Waals surface area contributed by atoms with Crippen molar-refractivity contribution in [2.75, 3.05) is 0 Å². The van der Waals surface area contributed by atoms with Gasteiger partial charge in [-0.3, -0.25) is 0 Å². The molecule has 0 spiro atoms. The third-order valence-electron chi connectivity index (χ3n) is 9.09. The van der Waals surface area contributed by atoms with E-state index in [2.05, 4.69) is 96.7 Å². The van der Waals surface area contributed by atoms with Gasteiger partial charge in [-0.1, -0.05) is 65.6 Å². The second-order valence-corrected chi connectivity index (χ2v) is 18.7. The number of rotatable bonds is 7. The molecular formula is C44H36F12FeP2. The minimum Gasteiger partial charge on any atom is -0.166 e. The van der Waals surface area contributed by atoms with E-state index < -0.39 is 73.4 Å². The zero-order valence-corrected chi connectivity index (χ0v) is 34.8. The molecule has 15 heteroatoms. The molecule has 10 radical (unpaired) electrons. The Morgan fingerprint density at radius 1 is 0.390 bits per heavy atom. The molecule has 0 heterocycles. The van der Waals surface area contributed by atoms with Crippen molar-refractivity contribution in [3.05, 3.63) is 180 Å². The Labute approximate surface area is 350 Å². The summed E-state index contributed by atoms with van der Waals surface area (Å²) >= 11 is 0. The molecule has 0 nitrogen and oxygen atoms in total. The topological polar surface area (TPSA) is 0 Å². The molecule has 2 aliphatic carbocycles. The Morgan fingerprint density at radius 3 is 0.966 bits per heavy atom. The Bertz CT molecular complexity index is 1810. The van der Waals surface area contributed by atoms with Gasteiger partial charge in [0.05, 0.1) is 22.3 Å². The summed E-state index contributed by atoms with van der Waals surface area (Å²) in [5.41, 5.74) is -1.04. The van der Waals surface area contributed by atoms with E-state index in [0.29, 0.717) is 29.9 Å². The van der Waals surface area contributed by atoms with Crippen molar-refractivity contribution in [2.24, 2.45) is 0 Å². The molecule has 59 heavy (non-hydrogen) atoms. The molecule has 2 fully saturated rings. The summed E-state index contributed by atoms with van der Waals surface area (Å²) in [6, 6.07) is 15.0. The zero-order chi connectivity index (χ0) is 43.0. The SMILES string of the molecule is Cc1cc(C)cc(P(c2cc(C)cc(C)c2)[C@H](C)[C]2[CH][CH][CH][CH]2)c1.FC(F)(F)c1cc(P([C]2[CH][CH][CH][CH]2)c2cc(C(F)(F)F)cc(C(F)(F)F)c2)cc(C(F)(F)F)c1.[Fe]. The van der Waals surface area contributed by atoms with Gasteiger partial charge in [0.1, 0.15) is 0 Å². The number of aryl methyl sites for hydroxylation is 4. The van der Waals surface area contributed by atoms with Crippen molar-refractivity contribution < 1.29 is 69.8 Å². The zero-order valence-electron chi connectivity index (χ0n) is 31.9. The largest absolute Gasteiger partial charge is 0.416 e. The summed E-state index contributed by atoms with van der Waals surface area (Å²) in [7, 11) is -3.09. The fraction of sp³-hybridized carbons (Fsp3) is 0.227. The van der Waals surface area contributed by atoms with Crippen LogP contribution >= 0.6 is 15.8 Å². The van der Waals surface area contributed by atoms with E-state index in [1.807, 2.05) is 0 Å². The average molecular weight is 911 g/mol. The van der Waals surface area contributed by atoms with E-state index >= 15 is 0 Å². The fourth-order valence-corrected chi connectivity index (χ4v) is 12.2. The molecule has 6 rings (SSSR count). The molecule has 0 aliphatic heterocycles. The van der Waals surface area contributed by atoms with E-state index in [1.165, 1.54) is 64.5 Å². The van der Waals surface area contributed by atoms with Crippen LogP contribution in [0.15, 0.2) is 72.8 Å². The summed E-state index contributed by atoms with van der Waals surface area (Å²) in [6.45, 7) is 11.2. The number of hydrogen-bond donors (Lipinski definition) is 0. The molecule has 4 aromatic rings. The van der Waals surface area contributed by atoms with E-state index in [9.17, 15) is 52.7 Å². The van der Waals surface area contributed by atoms with Crippen LogP contribution in [-0.2, 0) is 41.8 Å². The fourth-order valence-electron chi connectivity index (χ4n) is 6.69.